The van der Waals surface area contributed by atoms with Crippen LogP contribution in [0.25, 0.3) is 0 Å². The van der Waals surface area contributed by atoms with Gasteiger partial charge in [0.15, 0.2) is 0 Å². The number of carbonyl (C=O) groups excluding carboxylic acids is 1. The SMILES string of the molecule is CCCCCP(=O)(Oc1ccc([N+](=O)[O-])cc1)N1CCC[C@H]1C(=O)OCC. The third kappa shape index (κ3) is 5.53. The van der Waals surface area contributed by atoms with E-state index in [0.29, 0.717) is 31.3 Å². The van der Waals surface area contributed by atoms with Crippen LogP contribution in [0.2, 0.25) is 0 Å². The maximum atomic E-state index is 13.8. The van der Waals surface area contributed by atoms with E-state index in [2.05, 4.69) is 6.92 Å². The summed E-state index contributed by atoms with van der Waals surface area (Å²) in [5.41, 5.74) is -0.0614. The maximum Gasteiger partial charge on any atom is 0.323 e. The Morgan fingerprint density at radius 3 is 2.59 bits per heavy atom. The molecular weight excluding hydrogens is 371 g/mol. The van der Waals surface area contributed by atoms with Gasteiger partial charge in [0, 0.05) is 24.8 Å². The summed E-state index contributed by atoms with van der Waals surface area (Å²) in [4.78, 5) is 22.6. The number of carbonyl (C=O) groups is 1. The summed E-state index contributed by atoms with van der Waals surface area (Å²) >= 11 is 0. The monoisotopic (exact) mass is 398 g/mol. The molecular formula is C18H27N2O6P. The smallest absolute Gasteiger partial charge is 0.323 e. The highest BCUT2D eigenvalue weighted by Crippen LogP contribution is 2.55. The van der Waals surface area contributed by atoms with Gasteiger partial charge in [-0.3, -0.25) is 19.5 Å². The zero-order valence-electron chi connectivity index (χ0n) is 15.8. The lowest BCUT2D eigenvalue weighted by Gasteiger charge is -2.31. The Hall–Kier alpha value is -1.92. The van der Waals surface area contributed by atoms with Gasteiger partial charge in [0.25, 0.3) is 5.69 Å². The highest BCUT2D eigenvalue weighted by atomic mass is 31.2. The number of non-ortho nitro benzene ring substituents is 1. The minimum absolute atomic E-state index is 0.0614. The molecule has 27 heavy (non-hydrogen) atoms. The van der Waals surface area contributed by atoms with Crippen molar-refractivity contribution < 1.29 is 23.5 Å². The lowest BCUT2D eigenvalue weighted by molar-refractivity contribution is -0.384. The Kier molecular flexibility index (Phi) is 7.80. The second-order valence-corrected chi connectivity index (χ2v) is 8.90. The molecule has 2 rings (SSSR count). The summed E-state index contributed by atoms with van der Waals surface area (Å²) in [6.45, 7) is 4.57. The van der Waals surface area contributed by atoms with Gasteiger partial charge in [0.1, 0.15) is 11.8 Å². The molecule has 1 aromatic rings. The van der Waals surface area contributed by atoms with Crippen LogP contribution < -0.4 is 4.52 Å². The number of unbranched alkanes of at least 4 members (excludes halogenated alkanes) is 2. The summed E-state index contributed by atoms with van der Waals surface area (Å²) < 4.78 is 26.4. The van der Waals surface area contributed by atoms with E-state index < -0.39 is 18.5 Å². The predicted molar refractivity (Wildman–Crippen MR) is 102 cm³/mol. The molecule has 2 atom stereocenters. The van der Waals surface area contributed by atoms with Crippen molar-refractivity contribution in [3.8, 4) is 5.75 Å². The van der Waals surface area contributed by atoms with Gasteiger partial charge in [0.2, 0.25) is 0 Å². The molecule has 0 amide bonds. The van der Waals surface area contributed by atoms with Crippen molar-refractivity contribution in [1.82, 2.24) is 4.67 Å². The average Bonchev–Trinajstić information content (AvgIpc) is 3.13. The van der Waals surface area contributed by atoms with Gasteiger partial charge in [-0.1, -0.05) is 19.8 Å². The van der Waals surface area contributed by atoms with Crippen LogP contribution in [0.1, 0.15) is 46.0 Å². The number of hydrogen-bond donors (Lipinski definition) is 0. The molecule has 8 nitrogen and oxygen atoms in total. The number of nitro benzene ring substituents is 1. The van der Waals surface area contributed by atoms with Gasteiger partial charge in [-0.25, -0.2) is 4.67 Å². The van der Waals surface area contributed by atoms with Crippen LogP contribution in [-0.2, 0) is 14.1 Å². The second-order valence-electron chi connectivity index (χ2n) is 6.48. The van der Waals surface area contributed by atoms with Crippen molar-refractivity contribution in [1.29, 1.82) is 0 Å². The lowest BCUT2D eigenvalue weighted by Crippen LogP contribution is -2.37. The van der Waals surface area contributed by atoms with Crippen molar-refractivity contribution in [2.45, 2.75) is 52.0 Å². The van der Waals surface area contributed by atoms with Gasteiger partial charge in [-0.05, 0) is 38.3 Å². The number of rotatable bonds is 10. The van der Waals surface area contributed by atoms with Crippen molar-refractivity contribution in [2.24, 2.45) is 0 Å². The van der Waals surface area contributed by atoms with Crippen LogP contribution in [-0.4, -0.2) is 40.9 Å². The third-order valence-corrected chi connectivity index (χ3v) is 7.15. The van der Waals surface area contributed by atoms with Gasteiger partial charge in [-0.2, -0.15) is 0 Å². The molecule has 0 saturated carbocycles. The Labute approximate surface area is 159 Å². The van der Waals surface area contributed by atoms with Gasteiger partial charge in [-0.15, -0.1) is 0 Å². The number of esters is 1. The maximum absolute atomic E-state index is 13.8. The molecule has 150 valence electrons. The zero-order chi connectivity index (χ0) is 19.9. The van der Waals surface area contributed by atoms with E-state index in [1.807, 2.05) is 0 Å². The van der Waals surface area contributed by atoms with Crippen LogP contribution in [0.3, 0.4) is 0 Å². The van der Waals surface area contributed by atoms with E-state index in [4.69, 9.17) is 9.26 Å². The Bertz CT molecular complexity index is 694. The van der Waals surface area contributed by atoms with E-state index in [-0.39, 0.29) is 18.3 Å². The van der Waals surface area contributed by atoms with E-state index >= 15 is 0 Å². The first kappa shape index (κ1) is 21.4. The first-order valence-electron chi connectivity index (χ1n) is 9.38. The van der Waals surface area contributed by atoms with Crippen LogP contribution in [0.4, 0.5) is 5.69 Å². The number of benzene rings is 1. The normalized spacial score (nSPS) is 19.4. The molecule has 0 aliphatic carbocycles. The number of hydrogen-bond acceptors (Lipinski definition) is 6. The summed E-state index contributed by atoms with van der Waals surface area (Å²) in [5.74, 6) is -0.0760. The fourth-order valence-electron chi connectivity index (χ4n) is 3.18. The summed E-state index contributed by atoms with van der Waals surface area (Å²) in [6.07, 6.45) is 4.25. The molecule has 1 saturated heterocycles. The summed E-state index contributed by atoms with van der Waals surface area (Å²) in [7, 11) is -3.33. The van der Waals surface area contributed by atoms with Crippen molar-refractivity contribution in [3.63, 3.8) is 0 Å². The average molecular weight is 398 g/mol. The Balaban J connectivity index is 2.24. The molecule has 1 aromatic carbocycles. The molecule has 0 spiro atoms. The minimum Gasteiger partial charge on any atom is -0.465 e. The number of nitro groups is 1. The first-order chi connectivity index (χ1) is 12.9. The molecule has 0 N–H and O–H groups in total. The highest BCUT2D eigenvalue weighted by molar-refractivity contribution is 7.57. The van der Waals surface area contributed by atoms with Crippen LogP contribution in [0.5, 0.6) is 5.75 Å². The molecule has 1 aliphatic rings. The quantitative estimate of drug-likeness (QED) is 0.189. The Morgan fingerprint density at radius 2 is 2.00 bits per heavy atom. The van der Waals surface area contributed by atoms with Crippen LogP contribution in [0.15, 0.2) is 24.3 Å². The fourth-order valence-corrected chi connectivity index (χ4v) is 5.78. The topological polar surface area (TPSA) is 99.0 Å². The van der Waals surface area contributed by atoms with Crippen molar-refractivity contribution >= 4 is 19.2 Å². The number of ether oxygens (including phenoxy) is 1. The van der Waals surface area contributed by atoms with Gasteiger partial charge < -0.3 is 9.26 Å². The van der Waals surface area contributed by atoms with E-state index in [1.54, 1.807) is 11.6 Å². The second kappa shape index (κ2) is 9.85. The van der Waals surface area contributed by atoms with Crippen molar-refractivity contribution in [2.75, 3.05) is 19.3 Å². The predicted octanol–water partition coefficient (Wildman–Crippen LogP) is 4.38. The standard InChI is InChI=1S/C18H27N2O6P/c1-3-5-6-14-27(24,19-13-7-8-17(19)18(21)25-4-2)26-16-11-9-15(10-12-16)20(22)23/h9-12,17H,3-8,13-14H2,1-2H3/t17-,27?/m0/s1. The highest BCUT2D eigenvalue weighted by Gasteiger charge is 2.44. The molecule has 0 aromatic heterocycles. The third-order valence-electron chi connectivity index (χ3n) is 4.51. The summed E-state index contributed by atoms with van der Waals surface area (Å²) in [5, 5.41) is 10.8. The molecule has 0 radical (unpaired) electrons. The fraction of sp³-hybridized carbons (Fsp3) is 0.611. The summed E-state index contributed by atoms with van der Waals surface area (Å²) in [6, 6.07) is 4.95. The van der Waals surface area contributed by atoms with E-state index in [0.717, 1.165) is 19.3 Å². The molecule has 9 heteroatoms. The zero-order valence-corrected chi connectivity index (χ0v) is 16.7. The molecule has 0 bridgehead atoms. The molecule has 1 aliphatic heterocycles. The molecule has 1 fully saturated rings. The lowest BCUT2D eigenvalue weighted by atomic mass is 10.2. The van der Waals surface area contributed by atoms with Crippen LogP contribution in [0, 0.1) is 10.1 Å². The molecule has 1 heterocycles. The van der Waals surface area contributed by atoms with Gasteiger partial charge >= 0.3 is 13.5 Å². The van der Waals surface area contributed by atoms with Crippen LogP contribution >= 0.6 is 7.52 Å². The first-order valence-corrected chi connectivity index (χ1v) is 11.1. The molecule has 1 unspecified atom stereocenters. The number of nitrogens with zero attached hydrogens (tertiary/aromatic N) is 2. The van der Waals surface area contributed by atoms with E-state index in [9.17, 15) is 19.5 Å². The largest absolute Gasteiger partial charge is 0.465 e. The van der Waals surface area contributed by atoms with Crippen molar-refractivity contribution in [3.05, 3.63) is 34.4 Å². The van der Waals surface area contributed by atoms with E-state index in [1.165, 1.54) is 24.3 Å². The Morgan fingerprint density at radius 1 is 1.30 bits per heavy atom. The van der Waals surface area contributed by atoms with Gasteiger partial charge in [0.05, 0.1) is 11.5 Å². The minimum atomic E-state index is -3.33.